The number of aliphatic hydroxyl groups excluding tert-OH is 1. The molecule has 5 heteroatoms. The van der Waals surface area contributed by atoms with E-state index in [1.165, 1.54) is 12.8 Å². The van der Waals surface area contributed by atoms with Crippen molar-refractivity contribution in [2.75, 3.05) is 16.8 Å². The van der Waals surface area contributed by atoms with E-state index in [0.29, 0.717) is 11.6 Å². The standard InChI is InChI=1S/C15H19BrN2O2/c1-8-3-4-18(9(2)5-8)13-7-12-10(6-11(13)16)14(19)15(20)17-12/h6-9,14,19H,3-5H2,1-2H3,(H,17,20). The number of carbonyl (C=O) groups excluding carboxylic acids is 1. The fourth-order valence-electron chi connectivity index (χ4n) is 3.24. The number of hydrogen-bond acceptors (Lipinski definition) is 3. The summed E-state index contributed by atoms with van der Waals surface area (Å²) < 4.78 is 0.938. The van der Waals surface area contributed by atoms with Gasteiger partial charge in [0.05, 0.1) is 5.69 Å². The molecule has 4 nitrogen and oxygen atoms in total. The molecular weight excluding hydrogens is 320 g/mol. The summed E-state index contributed by atoms with van der Waals surface area (Å²) in [6.07, 6.45) is 1.32. The Morgan fingerprint density at radius 2 is 2.15 bits per heavy atom. The zero-order valence-electron chi connectivity index (χ0n) is 11.7. The normalized spacial score (nSPS) is 29.3. The molecular formula is C15H19BrN2O2. The summed E-state index contributed by atoms with van der Waals surface area (Å²) in [5, 5.41) is 12.6. The second-order valence-electron chi connectivity index (χ2n) is 5.95. The van der Waals surface area contributed by atoms with Crippen LogP contribution in [-0.4, -0.2) is 23.6 Å². The number of anilines is 2. The second kappa shape index (κ2) is 5.04. The van der Waals surface area contributed by atoms with Crippen molar-refractivity contribution in [3.63, 3.8) is 0 Å². The molecule has 0 aromatic heterocycles. The van der Waals surface area contributed by atoms with E-state index in [0.717, 1.165) is 28.3 Å². The third-order valence-corrected chi connectivity index (χ3v) is 5.00. The van der Waals surface area contributed by atoms with Crippen molar-refractivity contribution in [3.05, 3.63) is 22.2 Å². The maximum atomic E-state index is 11.5. The van der Waals surface area contributed by atoms with Gasteiger partial charge in [0.1, 0.15) is 0 Å². The Morgan fingerprint density at radius 3 is 2.85 bits per heavy atom. The molecule has 2 aliphatic heterocycles. The fourth-order valence-corrected chi connectivity index (χ4v) is 3.83. The van der Waals surface area contributed by atoms with Crippen LogP contribution in [0, 0.1) is 5.92 Å². The Morgan fingerprint density at radius 1 is 1.40 bits per heavy atom. The second-order valence-corrected chi connectivity index (χ2v) is 6.81. The topological polar surface area (TPSA) is 52.6 Å². The molecule has 3 atom stereocenters. The molecule has 2 N–H and O–H groups in total. The van der Waals surface area contributed by atoms with Gasteiger partial charge in [0, 0.05) is 28.3 Å². The monoisotopic (exact) mass is 338 g/mol. The Bertz CT molecular complexity index is 561. The predicted molar refractivity (Wildman–Crippen MR) is 82.9 cm³/mol. The number of piperidine rings is 1. The number of halogens is 1. The number of rotatable bonds is 1. The van der Waals surface area contributed by atoms with Gasteiger partial charge >= 0.3 is 0 Å². The number of amides is 1. The van der Waals surface area contributed by atoms with Gasteiger partial charge in [0.15, 0.2) is 6.10 Å². The largest absolute Gasteiger partial charge is 0.378 e. The number of nitrogens with one attached hydrogen (secondary N) is 1. The summed E-state index contributed by atoms with van der Waals surface area (Å²) in [4.78, 5) is 13.9. The summed E-state index contributed by atoms with van der Waals surface area (Å²) in [6, 6.07) is 4.31. The SMILES string of the molecule is CC1CCN(c2cc3c(cc2Br)C(O)C(=O)N3)C(C)C1. The first kappa shape index (κ1) is 13.9. The molecule has 2 aliphatic rings. The molecule has 20 heavy (non-hydrogen) atoms. The first-order valence-corrected chi connectivity index (χ1v) is 7.85. The lowest BCUT2D eigenvalue weighted by molar-refractivity contribution is -0.123. The van der Waals surface area contributed by atoms with Gasteiger partial charge in [-0.05, 0) is 53.7 Å². The van der Waals surface area contributed by atoms with Gasteiger partial charge in [-0.15, -0.1) is 0 Å². The minimum atomic E-state index is -1.05. The maximum Gasteiger partial charge on any atom is 0.257 e. The van der Waals surface area contributed by atoms with E-state index in [2.05, 4.69) is 40.0 Å². The summed E-state index contributed by atoms with van der Waals surface area (Å²) in [7, 11) is 0. The van der Waals surface area contributed by atoms with Gasteiger partial charge in [0.25, 0.3) is 5.91 Å². The Labute approximate surface area is 127 Å². The molecule has 3 unspecified atom stereocenters. The zero-order valence-corrected chi connectivity index (χ0v) is 13.3. The molecule has 3 rings (SSSR count). The summed E-state index contributed by atoms with van der Waals surface area (Å²) in [6.45, 7) is 5.56. The van der Waals surface area contributed by atoms with Crippen LogP contribution >= 0.6 is 15.9 Å². The van der Waals surface area contributed by atoms with Crippen LogP contribution in [0.4, 0.5) is 11.4 Å². The van der Waals surface area contributed by atoms with Crippen molar-refractivity contribution in [1.82, 2.24) is 0 Å². The molecule has 1 amide bonds. The average Bonchev–Trinajstić information content (AvgIpc) is 2.65. The molecule has 1 aromatic rings. The first-order valence-electron chi connectivity index (χ1n) is 7.06. The van der Waals surface area contributed by atoms with E-state index in [1.807, 2.05) is 12.1 Å². The van der Waals surface area contributed by atoms with E-state index in [1.54, 1.807) is 0 Å². The van der Waals surface area contributed by atoms with Crippen LogP contribution in [-0.2, 0) is 4.79 Å². The van der Waals surface area contributed by atoms with Crippen LogP contribution in [0.25, 0.3) is 0 Å². The van der Waals surface area contributed by atoms with E-state index in [-0.39, 0.29) is 5.91 Å². The van der Waals surface area contributed by atoms with Crippen LogP contribution in [0.15, 0.2) is 16.6 Å². The molecule has 0 aliphatic carbocycles. The minimum absolute atomic E-state index is 0.343. The highest BCUT2D eigenvalue weighted by atomic mass is 79.9. The predicted octanol–water partition coefficient (Wildman–Crippen LogP) is 3.06. The highest BCUT2D eigenvalue weighted by Crippen LogP contribution is 2.41. The van der Waals surface area contributed by atoms with E-state index >= 15 is 0 Å². The van der Waals surface area contributed by atoms with Gasteiger partial charge in [-0.3, -0.25) is 4.79 Å². The van der Waals surface area contributed by atoms with Crippen molar-refractivity contribution < 1.29 is 9.90 Å². The first-order chi connectivity index (χ1) is 9.47. The lowest BCUT2D eigenvalue weighted by Gasteiger charge is -2.39. The highest BCUT2D eigenvalue weighted by molar-refractivity contribution is 9.10. The summed E-state index contributed by atoms with van der Waals surface area (Å²) >= 11 is 3.58. The smallest absolute Gasteiger partial charge is 0.257 e. The molecule has 0 saturated carbocycles. The number of aliphatic hydroxyl groups is 1. The van der Waals surface area contributed by atoms with E-state index in [9.17, 15) is 9.90 Å². The number of hydrogen-bond donors (Lipinski definition) is 2. The zero-order chi connectivity index (χ0) is 14.4. The number of fused-ring (bicyclic) bond motifs is 1. The van der Waals surface area contributed by atoms with Gasteiger partial charge < -0.3 is 15.3 Å². The third-order valence-electron chi connectivity index (χ3n) is 4.37. The summed E-state index contributed by atoms with van der Waals surface area (Å²) in [5.41, 5.74) is 2.48. The average molecular weight is 339 g/mol. The van der Waals surface area contributed by atoms with Crippen molar-refractivity contribution in [3.8, 4) is 0 Å². The van der Waals surface area contributed by atoms with Gasteiger partial charge in [-0.1, -0.05) is 6.92 Å². The van der Waals surface area contributed by atoms with Crippen LogP contribution in [0.3, 0.4) is 0 Å². The van der Waals surface area contributed by atoms with Crippen molar-refractivity contribution in [1.29, 1.82) is 0 Å². The number of benzene rings is 1. The molecule has 108 valence electrons. The van der Waals surface area contributed by atoms with Crippen molar-refractivity contribution in [2.24, 2.45) is 5.92 Å². The Kier molecular flexibility index (Phi) is 3.50. The van der Waals surface area contributed by atoms with Crippen LogP contribution in [0.5, 0.6) is 0 Å². The number of carbonyl (C=O) groups is 1. The van der Waals surface area contributed by atoms with Crippen LogP contribution < -0.4 is 10.2 Å². The lowest BCUT2D eigenvalue weighted by atomic mass is 9.93. The molecule has 1 aromatic carbocycles. The molecule has 0 spiro atoms. The quantitative estimate of drug-likeness (QED) is 0.827. The van der Waals surface area contributed by atoms with Crippen molar-refractivity contribution in [2.45, 2.75) is 38.8 Å². The fraction of sp³-hybridized carbons (Fsp3) is 0.533. The van der Waals surface area contributed by atoms with E-state index in [4.69, 9.17) is 0 Å². The van der Waals surface area contributed by atoms with Crippen molar-refractivity contribution >= 4 is 33.2 Å². The Balaban J connectivity index is 1.96. The van der Waals surface area contributed by atoms with Crippen LogP contribution in [0.1, 0.15) is 38.4 Å². The van der Waals surface area contributed by atoms with E-state index < -0.39 is 6.10 Å². The Hall–Kier alpha value is -1.07. The van der Waals surface area contributed by atoms with Gasteiger partial charge in [-0.25, -0.2) is 0 Å². The third kappa shape index (κ3) is 2.23. The maximum absolute atomic E-state index is 11.5. The lowest BCUT2D eigenvalue weighted by Crippen LogP contribution is -2.40. The minimum Gasteiger partial charge on any atom is -0.378 e. The van der Waals surface area contributed by atoms with Gasteiger partial charge in [0.2, 0.25) is 0 Å². The summed E-state index contributed by atoms with van der Waals surface area (Å²) in [5.74, 6) is 0.417. The molecule has 0 bridgehead atoms. The molecule has 1 saturated heterocycles. The molecule has 1 fully saturated rings. The molecule has 0 radical (unpaired) electrons. The van der Waals surface area contributed by atoms with Crippen LogP contribution in [0.2, 0.25) is 0 Å². The highest BCUT2D eigenvalue weighted by Gasteiger charge is 2.31. The molecule has 2 heterocycles. The van der Waals surface area contributed by atoms with Gasteiger partial charge in [-0.2, -0.15) is 0 Å². The number of nitrogens with zero attached hydrogens (tertiary/aromatic N) is 1.